The van der Waals surface area contributed by atoms with Crippen LogP contribution in [0.5, 0.6) is 0 Å². The third-order valence-electron chi connectivity index (χ3n) is 2.91. The summed E-state index contributed by atoms with van der Waals surface area (Å²) in [5, 5.41) is 6.62. The summed E-state index contributed by atoms with van der Waals surface area (Å²) in [5.41, 5.74) is 2.16. The highest BCUT2D eigenvalue weighted by Gasteiger charge is 2.32. The number of carbonyl (C=O) groups excluding carboxylic acids is 2. The summed E-state index contributed by atoms with van der Waals surface area (Å²) < 4.78 is 5.07. The van der Waals surface area contributed by atoms with E-state index in [1.54, 1.807) is 25.2 Å². The molecule has 0 aromatic carbocycles. The monoisotopic (exact) mass is 265 g/mol. The first-order valence-electron chi connectivity index (χ1n) is 5.83. The fraction of sp³-hybridized carbons (Fsp3) is 0.385. The quantitative estimate of drug-likeness (QED) is 0.852. The Hall–Kier alpha value is -1.62. The van der Waals surface area contributed by atoms with E-state index in [9.17, 15) is 9.59 Å². The molecule has 5 heteroatoms. The van der Waals surface area contributed by atoms with Crippen LogP contribution < -0.4 is 5.32 Å². The van der Waals surface area contributed by atoms with Crippen molar-refractivity contribution in [2.45, 2.75) is 26.2 Å². The van der Waals surface area contributed by atoms with Crippen LogP contribution in [0.4, 0.5) is 0 Å². The van der Waals surface area contributed by atoms with Gasteiger partial charge in [0.05, 0.1) is 12.2 Å². The number of hydrogen-bond donors (Lipinski definition) is 1. The minimum Gasteiger partial charge on any atom is -0.463 e. The van der Waals surface area contributed by atoms with Gasteiger partial charge in [0.15, 0.2) is 0 Å². The Labute approximate surface area is 110 Å². The topological polar surface area (TPSA) is 55.4 Å². The fourth-order valence-electron chi connectivity index (χ4n) is 2.14. The second kappa shape index (κ2) is 5.35. The minimum absolute atomic E-state index is 0.0586. The molecule has 1 aromatic rings. The lowest BCUT2D eigenvalue weighted by Gasteiger charge is -2.25. The van der Waals surface area contributed by atoms with E-state index in [0.29, 0.717) is 24.3 Å². The highest BCUT2D eigenvalue weighted by Crippen LogP contribution is 2.34. The van der Waals surface area contributed by atoms with Crippen LogP contribution in [0.15, 0.2) is 28.1 Å². The highest BCUT2D eigenvalue weighted by atomic mass is 32.1. The molecule has 0 aliphatic carbocycles. The Morgan fingerprint density at radius 2 is 2.39 bits per heavy atom. The lowest BCUT2D eigenvalue weighted by atomic mass is 9.86. The van der Waals surface area contributed by atoms with Gasteiger partial charge in [-0.15, -0.1) is 0 Å². The average Bonchev–Trinajstić information content (AvgIpc) is 2.81. The summed E-state index contributed by atoms with van der Waals surface area (Å²) in [7, 11) is 0. The maximum absolute atomic E-state index is 12.0. The van der Waals surface area contributed by atoms with Crippen LogP contribution in [0, 0.1) is 0 Å². The molecule has 1 aromatic heterocycles. The lowest BCUT2D eigenvalue weighted by molar-refractivity contribution is -0.139. The zero-order valence-electron chi connectivity index (χ0n) is 10.4. The number of amides is 1. The van der Waals surface area contributed by atoms with Gasteiger partial charge in [-0.3, -0.25) is 4.79 Å². The Bertz CT molecular complexity index is 490. The van der Waals surface area contributed by atoms with Gasteiger partial charge in [-0.1, -0.05) is 0 Å². The van der Waals surface area contributed by atoms with Crippen LogP contribution in [0.3, 0.4) is 0 Å². The summed E-state index contributed by atoms with van der Waals surface area (Å²) in [4.78, 5) is 23.6. The molecule has 0 saturated carbocycles. The first kappa shape index (κ1) is 12.8. The van der Waals surface area contributed by atoms with Gasteiger partial charge < -0.3 is 10.1 Å². The van der Waals surface area contributed by atoms with Gasteiger partial charge in [-0.05, 0) is 36.2 Å². The molecule has 1 N–H and O–H groups in total. The number of hydrogen-bond acceptors (Lipinski definition) is 4. The number of ether oxygens (including phenoxy) is 1. The summed E-state index contributed by atoms with van der Waals surface area (Å²) in [6.45, 7) is 3.84. The summed E-state index contributed by atoms with van der Waals surface area (Å²) >= 11 is 1.56. The van der Waals surface area contributed by atoms with Crippen molar-refractivity contribution in [2.24, 2.45) is 0 Å². The standard InChI is InChI=1S/C13H15NO3S/c1-3-17-13(16)12-8(2)14-11(15)6-10(12)9-4-5-18-7-9/h4-5,7,10H,3,6H2,1-2H3,(H,14,15). The first-order valence-corrected chi connectivity index (χ1v) is 6.77. The molecule has 1 amide bonds. The molecule has 0 fully saturated rings. The van der Waals surface area contributed by atoms with Gasteiger partial charge in [0.1, 0.15) is 0 Å². The number of nitrogens with one attached hydrogen (secondary N) is 1. The van der Waals surface area contributed by atoms with E-state index in [1.165, 1.54) is 0 Å². The Morgan fingerprint density at radius 1 is 1.61 bits per heavy atom. The van der Waals surface area contributed by atoms with Gasteiger partial charge in [-0.2, -0.15) is 11.3 Å². The van der Waals surface area contributed by atoms with Gasteiger partial charge in [-0.25, -0.2) is 4.79 Å². The molecule has 1 aliphatic rings. The van der Waals surface area contributed by atoms with Crippen LogP contribution in [-0.4, -0.2) is 18.5 Å². The lowest BCUT2D eigenvalue weighted by Crippen LogP contribution is -2.34. The van der Waals surface area contributed by atoms with E-state index in [1.807, 2.05) is 16.8 Å². The number of allylic oxidation sites excluding steroid dienone is 1. The molecule has 1 aliphatic heterocycles. The number of rotatable bonds is 3. The Morgan fingerprint density at radius 3 is 3.00 bits per heavy atom. The molecule has 2 rings (SSSR count). The van der Waals surface area contributed by atoms with Gasteiger partial charge in [0, 0.05) is 18.0 Å². The smallest absolute Gasteiger partial charge is 0.336 e. The van der Waals surface area contributed by atoms with E-state index < -0.39 is 0 Å². The molecule has 96 valence electrons. The van der Waals surface area contributed by atoms with Crippen molar-refractivity contribution < 1.29 is 14.3 Å². The molecule has 0 saturated heterocycles. The van der Waals surface area contributed by atoms with Gasteiger partial charge in [0.25, 0.3) is 0 Å². The molecule has 18 heavy (non-hydrogen) atoms. The van der Waals surface area contributed by atoms with E-state index in [0.717, 1.165) is 5.56 Å². The number of thiophene rings is 1. The molecule has 0 spiro atoms. The second-order valence-corrected chi connectivity index (χ2v) is 4.90. The number of carbonyl (C=O) groups is 2. The second-order valence-electron chi connectivity index (χ2n) is 4.12. The molecular formula is C13H15NO3S. The van der Waals surface area contributed by atoms with Crippen LogP contribution in [0.2, 0.25) is 0 Å². The maximum Gasteiger partial charge on any atom is 0.336 e. The van der Waals surface area contributed by atoms with Crippen molar-refractivity contribution in [1.82, 2.24) is 5.32 Å². The summed E-state index contributed by atoms with van der Waals surface area (Å²) in [6.07, 6.45) is 0.294. The zero-order chi connectivity index (χ0) is 13.1. The molecule has 1 atom stereocenters. The van der Waals surface area contributed by atoms with E-state index in [2.05, 4.69) is 5.32 Å². The van der Waals surface area contributed by atoms with E-state index >= 15 is 0 Å². The summed E-state index contributed by atoms with van der Waals surface area (Å²) in [5.74, 6) is -0.591. The van der Waals surface area contributed by atoms with Gasteiger partial charge in [0.2, 0.25) is 5.91 Å². The van der Waals surface area contributed by atoms with Crippen LogP contribution >= 0.6 is 11.3 Å². The fourth-order valence-corrected chi connectivity index (χ4v) is 2.85. The zero-order valence-corrected chi connectivity index (χ0v) is 11.2. The van der Waals surface area contributed by atoms with Crippen molar-refractivity contribution in [3.63, 3.8) is 0 Å². The maximum atomic E-state index is 12.0. The third kappa shape index (κ3) is 2.46. The molecule has 0 bridgehead atoms. The molecular weight excluding hydrogens is 250 g/mol. The van der Waals surface area contributed by atoms with Crippen LogP contribution in [0.25, 0.3) is 0 Å². The molecule has 4 nitrogen and oxygen atoms in total. The van der Waals surface area contributed by atoms with E-state index in [-0.39, 0.29) is 17.8 Å². The van der Waals surface area contributed by atoms with Crippen molar-refractivity contribution in [3.05, 3.63) is 33.7 Å². The summed E-state index contributed by atoms with van der Waals surface area (Å²) in [6, 6.07) is 1.94. The average molecular weight is 265 g/mol. The molecule has 0 radical (unpaired) electrons. The molecule has 1 unspecified atom stereocenters. The predicted molar refractivity (Wildman–Crippen MR) is 69.2 cm³/mol. The third-order valence-corrected chi connectivity index (χ3v) is 3.61. The van der Waals surface area contributed by atoms with E-state index in [4.69, 9.17) is 4.74 Å². The van der Waals surface area contributed by atoms with Crippen molar-refractivity contribution in [2.75, 3.05) is 6.61 Å². The number of esters is 1. The predicted octanol–water partition coefficient (Wildman–Crippen LogP) is 2.19. The SMILES string of the molecule is CCOC(=O)C1=C(C)NC(=O)CC1c1ccsc1. The highest BCUT2D eigenvalue weighted by molar-refractivity contribution is 7.08. The Balaban J connectivity index is 2.38. The van der Waals surface area contributed by atoms with Crippen LogP contribution in [0.1, 0.15) is 31.7 Å². The first-order chi connectivity index (χ1) is 8.63. The normalized spacial score (nSPS) is 19.7. The molecule has 2 heterocycles. The minimum atomic E-state index is -0.341. The van der Waals surface area contributed by atoms with Gasteiger partial charge >= 0.3 is 5.97 Å². The Kier molecular flexibility index (Phi) is 3.81. The van der Waals surface area contributed by atoms with Crippen molar-refractivity contribution in [1.29, 1.82) is 0 Å². The largest absolute Gasteiger partial charge is 0.463 e. The van der Waals surface area contributed by atoms with Crippen LogP contribution in [-0.2, 0) is 14.3 Å². The van der Waals surface area contributed by atoms with Crippen molar-refractivity contribution >= 4 is 23.2 Å². The van der Waals surface area contributed by atoms with Crippen molar-refractivity contribution in [3.8, 4) is 0 Å².